The van der Waals surface area contributed by atoms with Gasteiger partial charge >= 0.3 is 5.97 Å². The normalized spacial score (nSPS) is 13.0. The molecule has 7 atom stereocenters. The van der Waals surface area contributed by atoms with Crippen LogP contribution in [0.5, 0.6) is 0 Å². The van der Waals surface area contributed by atoms with Crippen LogP contribution in [0, 0.1) is 36.0 Å². The van der Waals surface area contributed by atoms with E-state index in [-0.39, 0.29) is 72.7 Å². The van der Waals surface area contributed by atoms with Gasteiger partial charge in [-0.15, -0.1) is 0 Å². The van der Waals surface area contributed by atoms with Gasteiger partial charge in [0.2, 0.25) is 11.7 Å². The Morgan fingerprint density at radius 1 is 0.524 bits per heavy atom. The van der Waals surface area contributed by atoms with E-state index in [2.05, 4.69) is 51.1 Å². The van der Waals surface area contributed by atoms with E-state index in [1.165, 1.54) is 46.5 Å². The number of carbonyl (C=O) groups excluding carboxylic acids is 6. The lowest BCUT2D eigenvalue weighted by molar-refractivity contribution is -0.137. The summed E-state index contributed by atoms with van der Waals surface area (Å²) in [5, 5.41) is 45.3. The summed E-state index contributed by atoms with van der Waals surface area (Å²) >= 11 is 0. The third kappa shape index (κ3) is 34.9. The van der Waals surface area contributed by atoms with Crippen LogP contribution < -0.4 is 37.2 Å². The largest absolute Gasteiger partial charge is 0.481 e. The molecule has 0 aliphatic carbocycles. The molecule has 0 radical (unpaired) electrons. The van der Waals surface area contributed by atoms with Gasteiger partial charge in [0, 0.05) is 25.1 Å². The van der Waals surface area contributed by atoms with Gasteiger partial charge in [0.15, 0.2) is 23.3 Å². The SMILES string of the molecule is CCCCCC[C@H](NC)C(C)=O.CCC[C@H](NC)C(C)=O.CN[C@@H](CCCC(=O)O)C(C)=O.CN[C@@H](CCO)C(C)=O.CN[C@@H](Cc1ccc(-c2ccccc2C)cc1)C(=O)NCCc1c(F)c(F)c(F)c(F)c1F.CN[C@H](C(C)=O)[C@@H](C)O. The maximum atomic E-state index is 13.8. The number of Topliss-reactive ketones (excluding diaryl/α,β-unsaturated/α-hetero) is 5. The number of nitrogens with one attached hydrogen (secondary N) is 7. The van der Waals surface area contributed by atoms with Crippen molar-refractivity contribution in [1.29, 1.82) is 0 Å². The van der Waals surface area contributed by atoms with Crippen molar-refractivity contribution >= 4 is 40.8 Å². The Kier molecular flexibility index (Phi) is 47.6. The van der Waals surface area contributed by atoms with Crippen molar-refractivity contribution in [1.82, 2.24) is 37.2 Å². The molecular formula is C62H100F5N7O10. The molecule has 1 amide bonds. The second-order valence-corrected chi connectivity index (χ2v) is 20.0. The Balaban J connectivity index is -0.00000106. The van der Waals surface area contributed by atoms with Crippen molar-refractivity contribution < 1.29 is 70.8 Å². The van der Waals surface area contributed by atoms with Gasteiger partial charge in [0.25, 0.3) is 0 Å². The Morgan fingerprint density at radius 2 is 0.964 bits per heavy atom. The number of aryl methyl sites for hydroxylation is 1. The molecule has 0 saturated heterocycles. The first-order valence-electron chi connectivity index (χ1n) is 28.6. The van der Waals surface area contributed by atoms with E-state index < -0.39 is 71.1 Å². The van der Waals surface area contributed by atoms with Crippen molar-refractivity contribution in [3.8, 4) is 11.1 Å². The van der Waals surface area contributed by atoms with Gasteiger partial charge in [0.05, 0.1) is 42.4 Å². The number of aliphatic hydroxyl groups excluding tert-OH is 2. The average Bonchev–Trinajstić information content (AvgIpc) is 2.68. The second kappa shape index (κ2) is 48.5. The monoisotopic (exact) mass is 1200 g/mol. The molecule has 3 aromatic carbocycles. The van der Waals surface area contributed by atoms with E-state index in [9.17, 15) is 55.5 Å². The Bertz CT molecular complexity index is 2330. The highest BCUT2D eigenvalue weighted by Crippen LogP contribution is 2.25. The average molecular weight is 1200 g/mol. The number of halogens is 5. The third-order valence-electron chi connectivity index (χ3n) is 13.3. The summed E-state index contributed by atoms with van der Waals surface area (Å²) in [6.45, 7) is 15.4. The molecule has 0 fully saturated rings. The molecular weight excluding hydrogens is 1100 g/mol. The van der Waals surface area contributed by atoms with Crippen LogP contribution in [0.3, 0.4) is 0 Å². The van der Waals surface area contributed by atoms with Crippen molar-refractivity contribution in [3.63, 3.8) is 0 Å². The lowest BCUT2D eigenvalue weighted by atomic mass is 9.97. The number of benzene rings is 3. The smallest absolute Gasteiger partial charge is 0.303 e. The summed E-state index contributed by atoms with van der Waals surface area (Å²) in [6.07, 6.45) is 8.93. The maximum absolute atomic E-state index is 13.8. The number of carboxylic acid groups (broad SMARTS) is 1. The summed E-state index contributed by atoms with van der Waals surface area (Å²) in [6, 6.07) is 14.5. The van der Waals surface area contributed by atoms with Gasteiger partial charge < -0.3 is 52.5 Å². The highest BCUT2D eigenvalue weighted by molar-refractivity contribution is 5.83. The highest BCUT2D eigenvalue weighted by atomic mass is 19.2. The van der Waals surface area contributed by atoms with Gasteiger partial charge in [-0.1, -0.05) is 94.5 Å². The predicted molar refractivity (Wildman–Crippen MR) is 322 cm³/mol. The first-order chi connectivity index (χ1) is 39.6. The summed E-state index contributed by atoms with van der Waals surface area (Å²) in [7, 11) is 10.3. The molecule has 0 aromatic heterocycles. The molecule has 22 heteroatoms. The van der Waals surface area contributed by atoms with Gasteiger partial charge in [-0.3, -0.25) is 33.6 Å². The number of carboxylic acids is 1. The van der Waals surface area contributed by atoms with Crippen LogP contribution in [0.2, 0.25) is 0 Å². The topological polar surface area (TPSA) is 264 Å². The molecule has 0 saturated carbocycles. The number of aliphatic carboxylic acids is 1. The number of likely N-dealkylation sites (N-methyl/N-ethyl adjacent to an activating group) is 6. The van der Waals surface area contributed by atoms with Crippen LogP contribution in [0.15, 0.2) is 48.5 Å². The van der Waals surface area contributed by atoms with Crippen molar-refractivity contribution in [2.75, 3.05) is 55.4 Å². The fourth-order valence-corrected chi connectivity index (χ4v) is 8.22. The number of carbonyl (C=O) groups is 7. The molecule has 3 aromatic rings. The molecule has 0 bridgehead atoms. The zero-order valence-corrected chi connectivity index (χ0v) is 52.4. The number of hydrogen-bond acceptors (Lipinski definition) is 15. The Morgan fingerprint density at radius 3 is 1.31 bits per heavy atom. The van der Waals surface area contributed by atoms with Crippen LogP contribution in [0.4, 0.5) is 22.0 Å². The minimum absolute atomic E-state index is 0.0347. The molecule has 0 unspecified atom stereocenters. The first-order valence-corrected chi connectivity index (χ1v) is 28.6. The van der Waals surface area contributed by atoms with Crippen LogP contribution >= 0.6 is 0 Å². The molecule has 3 rings (SSSR count). The van der Waals surface area contributed by atoms with Crippen LogP contribution in [0.1, 0.15) is 143 Å². The number of aliphatic hydroxyl groups is 2. The zero-order chi connectivity index (χ0) is 65.1. The van der Waals surface area contributed by atoms with E-state index >= 15 is 0 Å². The Labute approximate surface area is 496 Å². The van der Waals surface area contributed by atoms with Gasteiger partial charge in [-0.2, -0.15) is 0 Å². The number of rotatable bonds is 32. The number of amides is 1. The molecule has 478 valence electrons. The van der Waals surface area contributed by atoms with E-state index in [1.54, 1.807) is 49.0 Å². The van der Waals surface area contributed by atoms with E-state index in [1.807, 2.05) is 69.6 Å². The lowest BCUT2D eigenvalue weighted by Gasteiger charge is -2.17. The fraction of sp³-hybridized carbons (Fsp3) is 0.597. The van der Waals surface area contributed by atoms with E-state index in [0.29, 0.717) is 25.7 Å². The third-order valence-corrected chi connectivity index (χ3v) is 13.3. The van der Waals surface area contributed by atoms with Gasteiger partial charge in [-0.05, 0) is 158 Å². The number of ketones is 5. The number of unbranched alkanes of at least 4 members (excludes halogenated alkanes) is 3. The van der Waals surface area contributed by atoms with E-state index in [0.717, 1.165) is 41.5 Å². The molecule has 17 nitrogen and oxygen atoms in total. The summed E-state index contributed by atoms with van der Waals surface area (Å²) < 4.78 is 67.3. The van der Waals surface area contributed by atoms with Crippen LogP contribution in [-0.2, 0) is 46.4 Å². The molecule has 0 aliphatic heterocycles. The molecule has 0 aliphatic rings. The number of hydrogen-bond donors (Lipinski definition) is 10. The lowest BCUT2D eigenvalue weighted by Crippen LogP contribution is -2.44. The summed E-state index contributed by atoms with van der Waals surface area (Å²) in [5.74, 6) is -10.7. The van der Waals surface area contributed by atoms with Crippen molar-refractivity contribution in [3.05, 3.63) is 94.3 Å². The predicted octanol–water partition coefficient (Wildman–Crippen LogP) is 7.45. The molecule has 10 N–H and O–H groups in total. The van der Waals surface area contributed by atoms with Crippen molar-refractivity contribution in [2.45, 2.75) is 188 Å². The second-order valence-electron chi connectivity index (χ2n) is 20.0. The van der Waals surface area contributed by atoms with E-state index in [4.69, 9.17) is 15.3 Å². The van der Waals surface area contributed by atoms with Crippen LogP contribution in [-0.4, -0.2) is 154 Å². The first kappa shape index (κ1) is 82.5. The van der Waals surface area contributed by atoms with Gasteiger partial charge in [-0.25, -0.2) is 22.0 Å². The van der Waals surface area contributed by atoms with Gasteiger partial charge in [0.1, 0.15) is 28.9 Å². The minimum Gasteiger partial charge on any atom is -0.481 e. The molecule has 0 heterocycles. The molecule has 0 spiro atoms. The zero-order valence-electron chi connectivity index (χ0n) is 52.4. The highest BCUT2D eigenvalue weighted by Gasteiger charge is 2.26. The maximum Gasteiger partial charge on any atom is 0.303 e. The van der Waals surface area contributed by atoms with Crippen LogP contribution in [0.25, 0.3) is 11.1 Å². The summed E-state index contributed by atoms with van der Waals surface area (Å²) in [4.78, 5) is 76.3. The Hall–Kier alpha value is -5.72. The quantitative estimate of drug-likeness (QED) is 0.0126. The minimum atomic E-state index is -2.21. The summed E-state index contributed by atoms with van der Waals surface area (Å²) in [5.41, 5.74) is 3.23. The standard InChI is InChI=1S/C25H23F5N2O.C10H21NO.C8H15NO3.C7H15NO.2C6H13NO2/c1-14-5-3-4-6-17(14)16-9-7-15(8-10-16)13-19(31-2)25(33)32-12-11-18-20(26)22(28)24(30)23(29)21(18)27;1-4-5-6-7-8-10(11-3)9(2)12;1-6(10)7(9-2)4-3-5-8(11)12;1-4-5-7(8-3)6(2)9;1-5(9)6(7-2)3-4-8;1-4(8)6(7-3)5(2)9/h3-10,19,31H,11-13H2,1-2H3,(H,32,33);10-11H,4-8H2,1-3H3;7,9H,3-5H2,1-2H3,(H,11,12);7-8H,4-5H2,1-3H3;6-8H,3-4H2,1-2H3;4,6-8H,1-3H3/t19-;10-;2*7-;6-;4-,6+/m000001/s1. The fourth-order valence-electron chi connectivity index (χ4n) is 8.22. The molecule has 84 heavy (non-hydrogen) atoms. The van der Waals surface area contributed by atoms with Crippen molar-refractivity contribution in [2.24, 2.45) is 0 Å².